The smallest absolute Gasteiger partial charge is 0.265 e. The van der Waals surface area contributed by atoms with Gasteiger partial charge in [0.05, 0.1) is 0 Å². The summed E-state index contributed by atoms with van der Waals surface area (Å²) in [6.45, 7) is 0.377. The highest BCUT2D eigenvalue weighted by atomic mass is 35.5. The Kier molecular flexibility index (Phi) is 4.39. The molecule has 0 aliphatic rings. The molecule has 0 bridgehead atoms. The number of nitrogen functional groups attached to an aromatic ring is 1. The van der Waals surface area contributed by atoms with Crippen LogP contribution in [0.25, 0.3) is 0 Å². The third-order valence-electron chi connectivity index (χ3n) is 2.60. The van der Waals surface area contributed by atoms with Gasteiger partial charge < -0.3 is 4.74 Å². The van der Waals surface area contributed by atoms with Gasteiger partial charge in [-0.05, 0) is 30.3 Å². The van der Waals surface area contributed by atoms with Gasteiger partial charge in [0.2, 0.25) is 0 Å². The van der Waals surface area contributed by atoms with E-state index in [1.165, 1.54) is 0 Å². The predicted octanol–water partition coefficient (Wildman–Crippen LogP) is 2.52. The first-order chi connectivity index (χ1) is 9.20. The summed E-state index contributed by atoms with van der Waals surface area (Å²) in [6, 6.07) is 14.2. The molecule has 3 N–H and O–H groups in total. The zero-order valence-electron chi connectivity index (χ0n) is 10.1. The van der Waals surface area contributed by atoms with Crippen molar-refractivity contribution in [3.63, 3.8) is 0 Å². The van der Waals surface area contributed by atoms with E-state index in [2.05, 4.69) is 5.43 Å². The third-order valence-corrected chi connectivity index (χ3v) is 2.97. The van der Waals surface area contributed by atoms with Crippen LogP contribution in [0, 0.1) is 0 Å². The van der Waals surface area contributed by atoms with E-state index in [-0.39, 0.29) is 5.91 Å². The van der Waals surface area contributed by atoms with Crippen LogP contribution in [-0.4, -0.2) is 5.91 Å². The summed E-state index contributed by atoms with van der Waals surface area (Å²) in [4.78, 5) is 11.3. The van der Waals surface area contributed by atoms with Crippen LogP contribution >= 0.6 is 11.6 Å². The van der Waals surface area contributed by atoms with Crippen LogP contribution in [0.4, 0.5) is 0 Å². The third kappa shape index (κ3) is 3.47. The zero-order chi connectivity index (χ0) is 13.7. The molecule has 2 rings (SSSR count). The average molecular weight is 277 g/mol. The number of hydrogen-bond acceptors (Lipinski definition) is 3. The van der Waals surface area contributed by atoms with Gasteiger partial charge in [0.15, 0.2) is 0 Å². The lowest BCUT2D eigenvalue weighted by atomic mass is 10.2. The molecule has 0 aliphatic heterocycles. The molecule has 0 saturated carbocycles. The molecule has 0 aliphatic carbocycles. The quantitative estimate of drug-likeness (QED) is 0.512. The number of hydrazine groups is 1. The number of rotatable bonds is 4. The summed E-state index contributed by atoms with van der Waals surface area (Å²) in [5, 5.41) is 0.668. The standard InChI is InChI=1S/C14H13ClN2O2/c15-13-4-2-1-3-11(13)9-19-12-7-5-10(6-8-12)14(18)17-16/h1-8H,9,16H2,(H,17,18). The fourth-order valence-electron chi connectivity index (χ4n) is 1.56. The fourth-order valence-corrected chi connectivity index (χ4v) is 1.75. The van der Waals surface area contributed by atoms with E-state index in [9.17, 15) is 4.79 Å². The average Bonchev–Trinajstić information content (AvgIpc) is 2.46. The molecule has 0 saturated heterocycles. The van der Waals surface area contributed by atoms with Crippen LogP contribution in [0.15, 0.2) is 48.5 Å². The molecule has 2 aromatic rings. The number of halogens is 1. The number of carbonyl (C=O) groups excluding carboxylic acids is 1. The number of hydrogen-bond donors (Lipinski definition) is 2. The van der Waals surface area contributed by atoms with Crippen molar-refractivity contribution in [2.75, 3.05) is 0 Å². The molecule has 4 nitrogen and oxygen atoms in total. The van der Waals surface area contributed by atoms with Crippen molar-refractivity contribution in [1.82, 2.24) is 5.43 Å². The van der Waals surface area contributed by atoms with E-state index in [0.717, 1.165) is 5.56 Å². The van der Waals surface area contributed by atoms with Gasteiger partial charge in [0.25, 0.3) is 5.91 Å². The van der Waals surface area contributed by atoms with Gasteiger partial charge in [0.1, 0.15) is 12.4 Å². The summed E-state index contributed by atoms with van der Waals surface area (Å²) in [5.41, 5.74) is 3.46. The Labute approximate surface area is 116 Å². The Morgan fingerprint density at radius 2 is 1.84 bits per heavy atom. The normalized spacial score (nSPS) is 10.0. The van der Waals surface area contributed by atoms with Gasteiger partial charge in [-0.3, -0.25) is 10.2 Å². The van der Waals surface area contributed by atoms with E-state index in [0.29, 0.717) is 22.9 Å². The topological polar surface area (TPSA) is 64.3 Å². The van der Waals surface area contributed by atoms with Gasteiger partial charge in [0, 0.05) is 16.1 Å². The van der Waals surface area contributed by atoms with Gasteiger partial charge in [-0.1, -0.05) is 29.8 Å². The zero-order valence-corrected chi connectivity index (χ0v) is 10.9. The first kappa shape index (κ1) is 13.4. The largest absolute Gasteiger partial charge is 0.489 e. The molecular weight excluding hydrogens is 264 g/mol. The van der Waals surface area contributed by atoms with Crippen LogP contribution in [-0.2, 0) is 6.61 Å². The second kappa shape index (κ2) is 6.22. The summed E-state index contributed by atoms with van der Waals surface area (Å²) in [6.07, 6.45) is 0. The first-order valence-electron chi connectivity index (χ1n) is 5.68. The lowest BCUT2D eigenvalue weighted by molar-refractivity contribution is 0.0953. The molecule has 0 radical (unpaired) electrons. The molecule has 0 fully saturated rings. The SMILES string of the molecule is NNC(=O)c1ccc(OCc2ccccc2Cl)cc1. The van der Waals surface area contributed by atoms with Crippen molar-refractivity contribution in [2.45, 2.75) is 6.61 Å². The second-order valence-electron chi connectivity index (χ2n) is 3.88. The maximum absolute atomic E-state index is 11.3. The summed E-state index contributed by atoms with van der Waals surface area (Å²) in [5.74, 6) is 5.37. The summed E-state index contributed by atoms with van der Waals surface area (Å²) in [7, 11) is 0. The molecule has 98 valence electrons. The maximum Gasteiger partial charge on any atom is 0.265 e. The van der Waals surface area contributed by atoms with E-state index < -0.39 is 0 Å². The summed E-state index contributed by atoms with van der Waals surface area (Å²) >= 11 is 6.03. The Bertz CT molecular complexity index is 570. The van der Waals surface area contributed by atoms with E-state index in [1.807, 2.05) is 24.3 Å². The Hall–Kier alpha value is -2.04. The number of benzene rings is 2. The van der Waals surface area contributed by atoms with Crippen LogP contribution in [0.2, 0.25) is 5.02 Å². The van der Waals surface area contributed by atoms with Crippen molar-refractivity contribution in [1.29, 1.82) is 0 Å². The molecule has 0 spiro atoms. The van der Waals surface area contributed by atoms with E-state index in [4.69, 9.17) is 22.2 Å². The Morgan fingerprint density at radius 3 is 2.47 bits per heavy atom. The summed E-state index contributed by atoms with van der Waals surface area (Å²) < 4.78 is 5.59. The van der Waals surface area contributed by atoms with E-state index >= 15 is 0 Å². The number of ether oxygens (including phenoxy) is 1. The minimum atomic E-state index is -0.336. The molecule has 0 unspecified atom stereocenters. The minimum Gasteiger partial charge on any atom is -0.489 e. The van der Waals surface area contributed by atoms with Crippen LogP contribution in [0.5, 0.6) is 5.75 Å². The van der Waals surface area contributed by atoms with Crippen molar-refractivity contribution < 1.29 is 9.53 Å². The number of nitrogens with two attached hydrogens (primary N) is 1. The molecule has 0 heterocycles. The molecule has 5 heteroatoms. The minimum absolute atomic E-state index is 0.336. The monoisotopic (exact) mass is 276 g/mol. The molecule has 2 aromatic carbocycles. The van der Waals surface area contributed by atoms with Crippen LogP contribution < -0.4 is 16.0 Å². The Balaban J connectivity index is 2.01. The van der Waals surface area contributed by atoms with Crippen molar-refractivity contribution in [2.24, 2.45) is 5.84 Å². The molecular formula is C14H13ClN2O2. The Morgan fingerprint density at radius 1 is 1.16 bits per heavy atom. The predicted molar refractivity (Wildman–Crippen MR) is 73.9 cm³/mol. The molecule has 1 amide bonds. The van der Waals surface area contributed by atoms with Crippen molar-refractivity contribution in [3.8, 4) is 5.75 Å². The number of nitrogens with one attached hydrogen (secondary N) is 1. The lowest BCUT2D eigenvalue weighted by Crippen LogP contribution is -2.29. The highest BCUT2D eigenvalue weighted by Gasteiger charge is 2.04. The van der Waals surface area contributed by atoms with Crippen LogP contribution in [0.1, 0.15) is 15.9 Å². The second-order valence-corrected chi connectivity index (χ2v) is 4.29. The van der Waals surface area contributed by atoms with E-state index in [1.54, 1.807) is 24.3 Å². The molecule has 19 heavy (non-hydrogen) atoms. The lowest BCUT2D eigenvalue weighted by Gasteiger charge is -2.08. The van der Waals surface area contributed by atoms with Gasteiger partial charge in [-0.25, -0.2) is 5.84 Å². The van der Waals surface area contributed by atoms with Crippen molar-refractivity contribution in [3.05, 3.63) is 64.7 Å². The highest BCUT2D eigenvalue weighted by Crippen LogP contribution is 2.18. The van der Waals surface area contributed by atoms with Crippen molar-refractivity contribution >= 4 is 17.5 Å². The van der Waals surface area contributed by atoms with Gasteiger partial charge in [-0.15, -0.1) is 0 Å². The molecule has 0 atom stereocenters. The van der Waals surface area contributed by atoms with Crippen LogP contribution in [0.3, 0.4) is 0 Å². The van der Waals surface area contributed by atoms with Gasteiger partial charge in [-0.2, -0.15) is 0 Å². The highest BCUT2D eigenvalue weighted by molar-refractivity contribution is 6.31. The molecule has 0 aromatic heterocycles. The number of carbonyl (C=O) groups is 1. The maximum atomic E-state index is 11.3. The number of amides is 1. The van der Waals surface area contributed by atoms with Gasteiger partial charge >= 0.3 is 0 Å². The first-order valence-corrected chi connectivity index (χ1v) is 6.05. The fraction of sp³-hybridized carbons (Fsp3) is 0.0714.